The smallest absolute Gasteiger partial charge is 0.188 e. The molecule has 8 heteroatoms. The fraction of sp³-hybridized carbons (Fsp3) is 0. The lowest BCUT2D eigenvalue weighted by atomic mass is 10.2. The van der Waals surface area contributed by atoms with Gasteiger partial charge in [0, 0.05) is 15.7 Å². The lowest BCUT2D eigenvalue weighted by Gasteiger charge is -2.09. The molecule has 2 aromatic carbocycles. The molecule has 21 heavy (non-hydrogen) atoms. The van der Waals surface area contributed by atoms with Crippen LogP contribution in [0.15, 0.2) is 45.3 Å². The van der Waals surface area contributed by atoms with Crippen molar-refractivity contribution >= 4 is 49.1 Å². The van der Waals surface area contributed by atoms with Crippen LogP contribution in [0.2, 0.25) is 5.02 Å². The van der Waals surface area contributed by atoms with Crippen LogP contribution in [0.5, 0.6) is 0 Å². The van der Waals surface area contributed by atoms with E-state index in [1.165, 1.54) is 0 Å². The Balaban J connectivity index is 2.20. The molecule has 0 aliphatic heterocycles. The van der Waals surface area contributed by atoms with Gasteiger partial charge in [-0.15, -0.1) is 5.10 Å². The topological polar surface area (TPSA) is 69.6 Å². The molecule has 0 fully saturated rings. The second-order valence-electron chi connectivity index (χ2n) is 4.22. The van der Waals surface area contributed by atoms with Gasteiger partial charge in [0.2, 0.25) is 0 Å². The Morgan fingerprint density at radius 2 is 1.95 bits per heavy atom. The van der Waals surface area contributed by atoms with E-state index in [0.29, 0.717) is 22.2 Å². The summed E-state index contributed by atoms with van der Waals surface area (Å²) in [4.78, 5) is 0. The van der Waals surface area contributed by atoms with Gasteiger partial charge in [0.05, 0.1) is 15.2 Å². The zero-order valence-electron chi connectivity index (χ0n) is 10.5. The summed E-state index contributed by atoms with van der Waals surface area (Å²) >= 11 is 13.1. The summed E-state index contributed by atoms with van der Waals surface area (Å²) in [6, 6.07) is 11.0. The van der Waals surface area contributed by atoms with Gasteiger partial charge in [-0.3, -0.25) is 0 Å². The molecule has 0 amide bonds. The van der Waals surface area contributed by atoms with Gasteiger partial charge in [-0.05, 0) is 56.7 Å². The van der Waals surface area contributed by atoms with Gasteiger partial charge in [-0.1, -0.05) is 33.6 Å². The Labute approximate surface area is 142 Å². The SMILES string of the molecule is Nc1cccc(-c2nnnn2-c2ccc(Br)cc2Cl)c1Br. The monoisotopic (exact) mass is 427 g/mol. The lowest BCUT2D eigenvalue weighted by molar-refractivity contribution is 0.791. The van der Waals surface area contributed by atoms with E-state index in [0.717, 1.165) is 14.5 Å². The molecule has 5 nitrogen and oxygen atoms in total. The summed E-state index contributed by atoms with van der Waals surface area (Å²) < 4.78 is 3.21. The maximum Gasteiger partial charge on any atom is 0.188 e. The number of hydrogen-bond donors (Lipinski definition) is 1. The molecule has 0 bridgehead atoms. The second kappa shape index (κ2) is 5.75. The van der Waals surface area contributed by atoms with E-state index in [1.807, 2.05) is 24.3 Å². The second-order valence-corrected chi connectivity index (χ2v) is 6.33. The Morgan fingerprint density at radius 1 is 1.14 bits per heavy atom. The molecular formula is C13H8Br2ClN5. The number of benzene rings is 2. The predicted octanol–water partition coefficient (Wildman–Crippen LogP) is 4.09. The van der Waals surface area contributed by atoms with Crippen molar-refractivity contribution in [1.82, 2.24) is 20.2 Å². The molecule has 0 atom stereocenters. The molecule has 1 heterocycles. The van der Waals surface area contributed by atoms with Crippen LogP contribution >= 0.6 is 43.5 Å². The minimum atomic E-state index is 0.540. The van der Waals surface area contributed by atoms with Crippen LogP contribution in [0, 0.1) is 0 Å². The number of nitrogens with zero attached hydrogens (tertiary/aromatic N) is 4. The molecule has 106 valence electrons. The van der Waals surface area contributed by atoms with Crippen molar-refractivity contribution in [2.45, 2.75) is 0 Å². The number of hydrogen-bond acceptors (Lipinski definition) is 4. The molecule has 3 aromatic rings. The van der Waals surface area contributed by atoms with Gasteiger partial charge in [-0.2, -0.15) is 4.68 Å². The Kier molecular flexibility index (Phi) is 3.97. The van der Waals surface area contributed by atoms with Gasteiger partial charge in [0.25, 0.3) is 0 Å². The predicted molar refractivity (Wildman–Crippen MR) is 89.4 cm³/mol. The van der Waals surface area contributed by atoms with Gasteiger partial charge < -0.3 is 5.73 Å². The van der Waals surface area contributed by atoms with Crippen LogP contribution in [0.3, 0.4) is 0 Å². The van der Waals surface area contributed by atoms with Crippen molar-refractivity contribution < 1.29 is 0 Å². The molecule has 0 saturated carbocycles. The normalized spacial score (nSPS) is 10.8. The molecule has 0 aliphatic carbocycles. The third-order valence-electron chi connectivity index (χ3n) is 2.88. The van der Waals surface area contributed by atoms with E-state index >= 15 is 0 Å². The number of aromatic nitrogens is 4. The van der Waals surface area contributed by atoms with Crippen molar-refractivity contribution in [3.05, 3.63) is 50.4 Å². The van der Waals surface area contributed by atoms with Crippen molar-refractivity contribution in [1.29, 1.82) is 0 Å². The number of halogens is 3. The van der Waals surface area contributed by atoms with E-state index in [9.17, 15) is 0 Å². The molecule has 1 aromatic heterocycles. The van der Waals surface area contributed by atoms with Crippen LogP contribution < -0.4 is 5.73 Å². The van der Waals surface area contributed by atoms with Crippen molar-refractivity contribution in [2.75, 3.05) is 5.73 Å². The first-order valence-electron chi connectivity index (χ1n) is 5.86. The van der Waals surface area contributed by atoms with Gasteiger partial charge in [-0.25, -0.2) is 0 Å². The number of nitrogen functional groups attached to an aromatic ring is 1. The first kappa shape index (κ1) is 14.5. The molecule has 0 unspecified atom stereocenters. The van der Waals surface area contributed by atoms with Gasteiger partial charge >= 0.3 is 0 Å². The number of rotatable bonds is 2. The zero-order chi connectivity index (χ0) is 15.0. The lowest BCUT2D eigenvalue weighted by Crippen LogP contribution is -2.01. The van der Waals surface area contributed by atoms with E-state index in [2.05, 4.69) is 47.4 Å². The molecule has 2 N–H and O–H groups in total. The summed E-state index contributed by atoms with van der Waals surface area (Å²) in [6.45, 7) is 0. The van der Waals surface area contributed by atoms with Crippen LogP contribution in [0.25, 0.3) is 17.1 Å². The Hall–Kier alpha value is -1.44. The summed E-state index contributed by atoms with van der Waals surface area (Å²) in [5, 5.41) is 12.4. The first-order chi connectivity index (χ1) is 10.1. The maximum atomic E-state index is 6.27. The van der Waals surface area contributed by atoms with Crippen molar-refractivity contribution in [3.63, 3.8) is 0 Å². The number of anilines is 1. The minimum Gasteiger partial charge on any atom is -0.398 e. The fourth-order valence-electron chi connectivity index (χ4n) is 1.89. The van der Waals surface area contributed by atoms with Gasteiger partial charge in [0.15, 0.2) is 5.82 Å². The van der Waals surface area contributed by atoms with E-state index in [1.54, 1.807) is 16.8 Å². The average Bonchev–Trinajstić information content (AvgIpc) is 2.91. The highest BCUT2D eigenvalue weighted by Crippen LogP contribution is 2.33. The average molecular weight is 430 g/mol. The summed E-state index contributed by atoms with van der Waals surface area (Å²) in [6.07, 6.45) is 0. The molecule has 3 rings (SSSR count). The minimum absolute atomic E-state index is 0.540. The summed E-state index contributed by atoms with van der Waals surface area (Å²) in [7, 11) is 0. The Morgan fingerprint density at radius 3 is 2.71 bits per heavy atom. The van der Waals surface area contributed by atoms with Crippen LogP contribution in [0.4, 0.5) is 5.69 Å². The molecular weight excluding hydrogens is 421 g/mol. The third kappa shape index (κ3) is 2.68. The van der Waals surface area contributed by atoms with E-state index in [4.69, 9.17) is 17.3 Å². The van der Waals surface area contributed by atoms with Crippen LogP contribution in [0.1, 0.15) is 0 Å². The van der Waals surface area contributed by atoms with Crippen molar-refractivity contribution in [2.24, 2.45) is 0 Å². The molecule has 0 spiro atoms. The number of tetrazole rings is 1. The highest BCUT2D eigenvalue weighted by molar-refractivity contribution is 9.11. The third-order valence-corrected chi connectivity index (χ3v) is 4.56. The molecule has 0 aliphatic rings. The quantitative estimate of drug-likeness (QED) is 0.623. The standard InChI is InChI=1S/C13H8Br2ClN5/c14-7-4-5-11(9(16)6-7)21-13(18-19-20-21)8-2-1-3-10(17)12(8)15/h1-6H,17H2. The van der Waals surface area contributed by atoms with E-state index < -0.39 is 0 Å². The van der Waals surface area contributed by atoms with Crippen LogP contribution in [-0.4, -0.2) is 20.2 Å². The van der Waals surface area contributed by atoms with Gasteiger partial charge in [0.1, 0.15) is 0 Å². The maximum absolute atomic E-state index is 6.27. The first-order valence-corrected chi connectivity index (χ1v) is 7.82. The fourth-order valence-corrected chi connectivity index (χ4v) is 3.09. The zero-order valence-corrected chi connectivity index (χ0v) is 14.4. The van der Waals surface area contributed by atoms with Crippen molar-refractivity contribution in [3.8, 4) is 17.1 Å². The largest absolute Gasteiger partial charge is 0.398 e. The Bertz CT molecular complexity index is 818. The highest BCUT2D eigenvalue weighted by Gasteiger charge is 2.16. The summed E-state index contributed by atoms with van der Waals surface area (Å²) in [5.74, 6) is 0.554. The molecule has 0 saturated heterocycles. The van der Waals surface area contributed by atoms with E-state index in [-0.39, 0.29) is 0 Å². The molecule has 0 radical (unpaired) electrons. The highest BCUT2D eigenvalue weighted by atomic mass is 79.9. The van der Waals surface area contributed by atoms with Crippen LogP contribution in [-0.2, 0) is 0 Å². The summed E-state index contributed by atoms with van der Waals surface area (Å²) in [5.41, 5.74) is 8.00. The number of nitrogens with two attached hydrogens (primary N) is 1.